The van der Waals surface area contributed by atoms with Gasteiger partial charge in [0, 0.05) is 0 Å². The molecule has 1 aliphatic rings. The Hall–Kier alpha value is -2.04. The highest BCUT2D eigenvalue weighted by Gasteiger charge is 2.40. The number of rotatable bonds is 5. The summed E-state index contributed by atoms with van der Waals surface area (Å²) in [4.78, 5) is 23.7. The van der Waals surface area contributed by atoms with Crippen LogP contribution in [-0.2, 0) is 16.0 Å². The summed E-state index contributed by atoms with van der Waals surface area (Å²) in [6.45, 7) is 0. The second kappa shape index (κ2) is 6.61. The smallest absolute Gasteiger partial charge is 0.329 e. The third-order valence-corrected chi connectivity index (χ3v) is 3.99. The molecule has 0 heterocycles. The van der Waals surface area contributed by atoms with Gasteiger partial charge in [0.15, 0.2) is 0 Å². The number of aliphatic carboxylic acids is 1. The number of carboxylic acid groups (broad SMARTS) is 1. The second-order valence-electron chi connectivity index (χ2n) is 5.52. The SMILES string of the molecule is COc1cccc(CC(=O)NC2(C(=O)O)CCCCC2)c1. The van der Waals surface area contributed by atoms with E-state index in [1.807, 2.05) is 12.1 Å². The predicted octanol–water partition coefficient (Wildman–Crippen LogP) is 2.14. The number of hydrogen-bond donors (Lipinski definition) is 2. The van der Waals surface area contributed by atoms with E-state index < -0.39 is 11.5 Å². The fraction of sp³-hybridized carbons (Fsp3) is 0.500. The molecule has 1 aromatic carbocycles. The Balaban J connectivity index is 2.03. The molecule has 21 heavy (non-hydrogen) atoms. The van der Waals surface area contributed by atoms with E-state index in [9.17, 15) is 14.7 Å². The summed E-state index contributed by atoms with van der Waals surface area (Å²) in [6.07, 6.45) is 3.88. The maximum atomic E-state index is 12.2. The fourth-order valence-corrected chi connectivity index (χ4v) is 2.83. The number of amides is 1. The lowest BCUT2D eigenvalue weighted by atomic mass is 9.81. The molecule has 0 saturated heterocycles. The highest BCUT2D eigenvalue weighted by atomic mass is 16.5. The van der Waals surface area contributed by atoms with Crippen LogP contribution in [0.5, 0.6) is 5.75 Å². The van der Waals surface area contributed by atoms with E-state index in [2.05, 4.69) is 5.32 Å². The van der Waals surface area contributed by atoms with Gasteiger partial charge in [-0.2, -0.15) is 0 Å². The Labute approximate surface area is 124 Å². The van der Waals surface area contributed by atoms with Gasteiger partial charge in [0.1, 0.15) is 11.3 Å². The molecule has 1 fully saturated rings. The van der Waals surface area contributed by atoms with Crippen molar-refractivity contribution in [1.29, 1.82) is 0 Å². The highest BCUT2D eigenvalue weighted by Crippen LogP contribution is 2.28. The molecule has 1 amide bonds. The highest BCUT2D eigenvalue weighted by molar-refractivity contribution is 5.88. The normalized spacial score (nSPS) is 17.0. The first-order valence-corrected chi connectivity index (χ1v) is 7.23. The number of carbonyl (C=O) groups is 2. The van der Waals surface area contributed by atoms with Gasteiger partial charge in [0.2, 0.25) is 5.91 Å². The van der Waals surface area contributed by atoms with Crippen LogP contribution in [0.3, 0.4) is 0 Å². The number of nitrogens with one attached hydrogen (secondary N) is 1. The predicted molar refractivity (Wildman–Crippen MR) is 78.3 cm³/mol. The minimum Gasteiger partial charge on any atom is -0.497 e. The number of carbonyl (C=O) groups excluding carboxylic acids is 1. The molecule has 1 aromatic rings. The van der Waals surface area contributed by atoms with Crippen LogP contribution in [0.25, 0.3) is 0 Å². The minimum atomic E-state index is -1.09. The third-order valence-electron chi connectivity index (χ3n) is 3.99. The van der Waals surface area contributed by atoms with Crippen molar-refractivity contribution in [3.63, 3.8) is 0 Å². The molecule has 0 radical (unpaired) electrons. The molecule has 0 aromatic heterocycles. The van der Waals surface area contributed by atoms with Crippen molar-refractivity contribution < 1.29 is 19.4 Å². The van der Waals surface area contributed by atoms with Gasteiger partial charge < -0.3 is 15.2 Å². The number of methoxy groups -OCH3 is 1. The molecular weight excluding hydrogens is 270 g/mol. The van der Waals surface area contributed by atoms with Crippen LogP contribution >= 0.6 is 0 Å². The van der Waals surface area contributed by atoms with Gasteiger partial charge in [-0.3, -0.25) is 4.79 Å². The Bertz CT molecular complexity index is 521. The van der Waals surface area contributed by atoms with E-state index in [0.717, 1.165) is 24.8 Å². The minimum absolute atomic E-state index is 0.159. The van der Waals surface area contributed by atoms with Gasteiger partial charge in [-0.25, -0.2) is 4.79 Å². The molecule has 0 spiro atoms. The van der Waals surface area contributed by atoms with Gasteiger partial charge in [-0.05, 0) is 30.5 Å². The summed E-state index contributed by atoms with van der Waals surface area (Å²) < 4.78 is 5.12. The van der Waals surface area contributed by atoms with E-state index in [1.165, 1.54) is 0 Å². The average molecular weight is 291 g/mol. The number of carboxylic acids is 1. The van der Waals surface area contributed by atoms with Crippen LogP contribution in [0.15, 0.2) is 24.3 Å². The van der Waals surface area contributed by atoms with Crippen molar-refractivity contribution in [3.05, 3.63) is 29.8 Å². The van der Waals surface area contributed by atoms with Gasteiger partial charge in [-0.15, -0.1) is 0 Å². The molecule has 2 N–H and O–H groups in total. The summed E-state index contributed by atoms with van der Waals surface area (Å²) in [7, 11) is 1.57. The zero-order valence-corrected chi connectivity index (χ0v) is 12.2. The molecule has 1 aliphatic carbocycles. The first-order chi connectivity index (χ1) is 10.1. The lowest BCUT2D eigenvalue weighted by Crippen LogP contribution is -2.55. The van der Waals surface area contributed by atoms with E-state index in [1.54, 1.807) is 19.2 Å². The van der Waals surface area contributed by atoms with Gasteiger partial charge in [0.25, 0.3) is 0 Å². The first-order valence-electron chi connectivity index (χ1n) is 7.23. The molecule has 2 rings (SSSR count). The third kappa shape index (κ3) is 3.74. The monoisotopic (exact) mass is 291 g/mol. The Morgan fingerprint density at radius 1 is 1.29 bits per heavy atom. The molecule has 114 valence electrons. The van der Waals surface area contributed by atoms with Gasteiger partial charge >= 0.3 is 5.97 Å². The van der Waals surface area contributed by atoms with Crippen LogP contribution < -0.4 is 10.1 Å². The topological polar surface area (TPSA) is 75.6 Å². The molecule has 5 heteroatoms. The van der Waals surface area contributed by atoms with E-state index in [-0.39, 0.29) is 12.3 Å². The maximum Gasteiger partial charge on any atom is 0.329 e. The Morgan fingerprint density at radius 2 is 2.00 bits per heavy atom. The van der Waals surface area contributed by atoms with E-state index in [0.29, 0.717) is 18.6 Å². The van der Waals surface area contributed by atoms with Crippen LogP contribution in [0.2, 0.25) is 0 Å². The van der Waals surface area contributed by atoms with Gasteiger partial charge in [0.05, 0.1) is 13.5 Å². The largest absolute Gasteiger partial charge is 0.497 e. The summed E-state index contributed by atoms with van der Waals surface area (Å²) in [6, 6.07) is 7.24. The number of hydrogen-bond acceptors (Lipinski definition) is 3. The molecule has 5 nitrogen and oxygen atoms in total. The average Bonchev–Trinajstić information content (AvgIpc) is 2.48. The van der Waals surface area contributed by atoms with E-state index in [4.69, 9.17) is 4.74 Å². The zero-order valence-electron chi connectivity index (χ0n) is 12.2. The molecule has 0 bridgehead atoms. The summed E-state index contributed by atoms with van der Waals surface area (Å²) in [5.74, 6) is -0.500. The second-order valence-corrected chi connectivity index (χ2v) is 5.52. The molecule has 0 atom stereocenters. The van der Waals surface area contributed by atoms with Crippen molar-refractivity contribution >= 4 is 11.9 Å². The molecule has 0 aliphatic heterocycles. The maximum absolute atomic E-state index is 12.2. The van der Waals surface area contributed by atoms with E-state index >= 15 is 0 Å². The fourth-order valence-electron chi connectivity index (χ4n) is 2.83. The van der Waals surface area contributed by atoms with Gasteiger partial charge in [-0.1, -0.05) is 31.4 Å². The van der Waals surface area contributed by atoms with Crippen molar-refractivity contribution in [2.45, 2.75) is 44.1 Å². The molecular formula is C16H21NO4. The Morgan fingerprint density at radius 3 is 2.62 bits per heavy atom. The van der Waals surface area contributed by atoms with Crippen molar-refractivity contribution in [3.8, 4) is 5.75 Å². The quantitative estimate of drug-likeness (QED) is 0.871. The van der Waals surface area contributed by atoms with Crippen molar-refractivity contribution in [2.75, 3.05) is 7.11 Å². The summed E-state index contributed by atoms with van der Waals surface area (Å²) >= 11 is 0. The molecule has 0 unspecified atom stereocenters. The van der Waals surface area contributed by atoms with Crippen molar-refractivity contribution in [1.82, 2.24) is 5.32 Å². The first kappa shape index (κ1) is 15.4. The lowest BCUT2D eigenvalue weighted by molar-refractivity contribution is -0.149. The van der Waals surface area contributed by atoms with Crippen LogP contribution in [0.4, 0.5) is 0 Å². The summed E-state index contributed by atoms with van der Waals surface area (Å²) in [5, 5.41) is 12.2. The Kier molecular flexibility index (Phi) is 4.83. The number of ether oxygens (including phenoxy) is 1. The van der Waals surface area contributed by atoms with Crippen LogP contribution in [0, 0.1) is 0 Å². The molecule has 1 saturated carbocycles. The lowest BCUT2D eigenvalue weighted by Gasteiger charge is -2.34. The standard InChI is InChI=1S/C16H21NO4/c1-21-13-7-5-6-12(10-13)11-14(18)17-16(15(19)20)8-3-2-4-9-16/h5-7,10H,2-4,8-9,11H2,1H3,(H,17,18)(H,19,20). The zero-order chi connectivity index (χ0) is 15.3. The number of benzene rings is 1. The van der Waals surface area contributed by atoms with Crippen LogP contribution in [0.1, 0.15) is 37.7 Å². The van der Waals surface area contributed by atoms with Crippen LogP contribution in [-0.4, -0.2) is 29.6 Å². The van der Waals surface area contributed by atoms with Crippen molar-refractivity contribution in [2.24, 2.45) is 0 Å². The summed E-state index contributed by atoms with van der Waals surface area (Å²) in [5.41, 5.74) is -0.281.